The number of aromatic nitrogens is 1. The second-order valence-electron chi connectivity index (χ2n) is 13.5. The number of aliphatic hydroxyl groups is 2. The number of likely N-dealkylation sites (N-methyl/N-ethyl adjacent to an activating group) is 1. The lowest BCUT2D eigenvalue weighted by molar-refractivity contribution is -0.137. The summed E-state index contributed by atoms with van der Waals surface area (Å²) >= 11 is 0. The molecule has 2 aliphatic carbocycles. The Morgan fingerprint density at radius 2 is 1.70 bits per heavy atom. The molecule has 5 atom stereocenters. The Hall–Kier alpha value is -3.74. The van der Waals surface area contributed by atoms with Gasteiger partial charge in [0.1, 0.15) is 12.1 Å². The van der Waals surface area contributed by atoms with Gasteiger partial charge < -0.3 is 25.7 Å². The van der Waals surface area contributed by atoms with E-state index in [0.29, 0.717) is 31.7 Å². The molecular formula is C38H52N4O5. The number of hydrogen-bond acceptors (Lipinski definition) is 6. The maximum absolute atomic E-state index is 13.9. The standard InChI is InChI=1S/C38H52N4O5/c1-3-4-18-32(38(47)41-33(25-28-15-9-6-10-16-28)36(45)35(44)29-19-20-29)40-37(46)30(24-27-13-7-5-8-14-27)26-34(43)42(2)23-21-31-17-11-12-22-39-31/h1,5,7-8,11-14,17,22,28-30,32-33,35-36,44-45H,4,6,9-10,15-16,18-21,23-26H2,2H3,(H,40,46)(H,41,47)/t30-,32+,33+,35+,36-/m1/s1. The first kappa shape index (κ1) is 36.1. The Labute approximate surface area is 279 Å². The van der Waals surface area contributed by atoms with Crippen molar-refractivity contribution in [3.63, 3.8) is 0 Å². The van der Waals surface area contributed by atoms with Gasteiger partial charge in [-0.05, 0) is 61.6 Å². The number of carbonyl (C=O) groups excluding carboxylic acids is 3. The molecule has 4 rings (SSSR count). The molecule has 2 aromatic rings. The van der Waals surface area contributed by atoms with Crippen LogP contribution in [0.3, 0.4) is 0 Å². The predicted octanol–water partition coefficient (Wildman–Crippen LogP) is 3.82. The van der Waals surface area contributed by atoms with Crippen LogP contribution in [0.5, 0.6) is 0 Å². The summed E-state index contributed by atoms with van der Waals surface area (Å²) in [6.45, 7) is 0.458. The van der Waals surface area contributed by atoms with E-state index < -0.39 is 42.0 Å². The molecule has 9 heteroatoms. The van der Waals surface area contributed by atoms with Gasteiger partial charge in [-0.3, -0.25) is 19.4 Å². The zero-order chi connectivity index (χ0) is 33.6. The van der Waals surface area contributed by atoms with Crippen LogP contribution in [0.15, 0.2) is 54.7 Å². The molecule has 254 valence electrons. The topological polar surface area (TPSA) is 132 Å². The van der Waals surface area contributed by atoms with E-state index in [2.05, 4.69) is 21.5 Å². The van der Waals surface area contributed by atoms with Crippen LogP contribution in [-0.2, 0) is 27.2 Å². The van der Waals surface area contributed by atoms with Crippen LogP contribution < -0.4 is 10.6 Å². The van der Waals surface area contributed by atoms with E-state index in [1.54, 1.807) is 18.1 Å². The molecule has 0 spiro atoms. The third kappa shape index (κ3) is 11.8. The fraction of sp³-hybridized carbons (Fsp3) is 0.579. The molecule has 2 aliphatic rings. The molecule has 0 bridgehead atoms. The SMILES string of the molecule is C#CCC[C@H](NC(=O)[C@@H](CC(=O)N(C)CCc1ccccn1)Cc1ccccc1)C(=O)N[C@@H](CC1CCCCC1)[C@@H](O)[C@@H](O)C1CC1. The van der Waals surface area contributed by atoms with Gasteiger partial charge in [-0.25, -0.2) is 0 Å². The van der Waals surface area contributed by atoms with Crippen LogP contribution in [0.4, 0.5) is 0 Å². The fourth-order valence-electron chi connectivity index (χ4n) is 6.57. The zero-order valence-corrected chi connectivity index (χ0v) is 27.7. The number of benzene rings is 1. The van der Waals surface area contributed by atoms with Crippen LogP contribution in [0.25, 0.3) is 0 Å². The number of rotatable bonds is 18. The predicted molar refractivity (Wildman–Crippen MR) is 182 cm³/mol. The lowest BCUT2D eigenvalue weighted by Gasteiger charge is -2.33. The molecule has 0 unspecified atom stereocenters. The molecule has 0 saturated heterocycles. The molecule has 9 nitrogen and oxygen atoms in total. The van der Waals surface area contributed by atoms with E-state index in [1.807, 2.05) is 48.5 Å². The van der Waals surface area contributed by atoms with Gasteiger partial charge in [0.25, 0.3) is 0 Å². The van der Waals surface area contributed by atoms with E-state index in [9.17, 15) is 24.6 Å². The Kier molecular flexibility index (Phi) is 14.3. The molecule has 2 saturated carbocycles. The molecule has 0 radical (unpaired) electrons. The Morgan fingerprint density at radius 1 is 0.979 bits per heavy atom. The second kappa shape index (κ2) is 18.6. The number of aliphatic hydroxyl groups excluding tert-OH is 2. The first-order valence-electron chi connectivity index (χ1n) is 17.3. The van der Waals surface area contributed by atoms with Crippen molar-refractivity contribution in [2.45, 2.75) is 108 Å². The van der Waals surface area contributed by atoms with E-state index in [0.717, 1.165) is 49.8 Å². The van der Waals surface area contributed by atoms with Gasteiger partial charge in [-0.1, -0.05) is 68.5 Å². The van der Waals surface area contributed by atoms with Gasteiger partial charge in [0.15, 0.2) is 0 Å². The largest absolute Gasteiger partial charge is 0.390 e. The van der Waals surface area contributed by atoms with Crippen molar-refractivity contribution in [3.05, 3.63) is 66.0 Å². The van der Waals surface area contributed by atoms with Gasteiger partial charge in [0, 0.05) is 44.7 Å². The van der Waals surface area contributed by atoms with Crippen molar-refractivity contribution in [2.24, 2.45) is 17.8 Å². The highest BCUT2D eigenvalue weighted by molar-refractivity contribution is 5.91. The van der Waals surface area contributed by atoms with Crippen molar-refractivity contribution in [3.8, 4) is 12.3 Å². The minimum atomic E-state index is -1.09. The zero-order valence-electron chi connectivity index (χ0n) is 27.7. The second-order valence-corrected chi connectivity index (χ2v) is 13.5. The molecule has 0 aliphatic heterocycles. The van der Waals surface area contributed by atoms with Crippen LogP contribution in [-0.4, -0.2) is 75.7 Å². The minimum Gasteiger partial charge on any atom is -0.390 e. The maximum Gasteiger partial charge on any atom is 0.242 e. The quantitative estimate of drug-likeness (QED) is 0.183. The molecule has 1 aromatic carbocycles. The van der Waals surface area contributed by atoms with Crippen LogP contribution in [0.1, 0.15) is 81.9 Å². The van der Waals surface area contributed by atoms with Gasteiger partial charge in [0.05, 0.1) is 18.1 Å². The van der Waals surface area contributed by atoms with Crippen molar-refractivity contribution >= 4 is 17.7 Å². The fourth-order valence-corrected chi connectivity index (χ4v) is 6.57. The molecule has 2 fully saturated rings. The molecule has 3 amide bonds. The summed E-state index contributed by atoms with van der Waals surface area (Å²) < 4.78 is 0. The lowest BCUT2D eigenvalue weighted by Crippen LogP contribution is -2.56. The minimum absolute atomic E-state index is 0.0283. The Bertz CT molecular complexity index is 1310. The molecular weight excluding hydrogens is 592 g/mol. The Balaban J connectivity index is 1.45. The van der Waals surface area contributed by atoms with Gasteiger partial charge >= 0.3 is 0 Å². The average Bonchev–Trinajstić information content (AvgIpc) is 3.95. The van der Waals surface area contributed by atoms with Gasteiger partial charge in [-0.2, -0.15) is 0 Å². The third-order valence-corrected chi connectivity index (χ3v) is 9.69. The number of terminal acetylenes is 1. The highest BCUT2D eigenvalue weighted by Gasteiger charge is 2.40. The summed E-state index contributed by atoms with van der Waals surface area (Å²) in [7, 11) is 1.72. The highest BCUT2D eigenvalue weighted by atomic mass is 16.3. The van der Waals surface area contributed by atoms with E-state index in [1.165, 1.54) is 6.42 Å². The summed E-state index contributed by atoms with van der Waals surface area (Å²) in [6, 6.07) is 13.6. The number of nitrogens with one attached hydrogen (secondary N) is 2. The van der Waals surface area contributed by atoms with E-state index in [-0.39, 0.29) is 31.1 Å². The van der Waals surface area contributed by atoms with Crippen LogP contribution in [0, 0.1) is 30.1 Å². The van der Waals surface area contributed by atoms with Crippen LogP contribution in [0.2, 0.25) is 0 Å². The van der Waals surface area contributed by atoms with E-state index in [4.69, 9.17) is 6.42 Å². The number of nitrogens with zero attached hydrogens (tertiary/aromatic N) is 2. The summed E-state index contributed by atoms with van der Waals surface area (Å²) in [6.07, 6.45) is 14.4. The summed E-state index contributed by atoms with van der Waals surface area (Å²) in [5, 5.41) is 27.9. The van der Waals surface area contributed by atoms with Gasteiger partial charge in [-0.15, -0.1) is 12.3 Å². The molecule has 47 heavy (non-hydrogen) atoms. The molecule has 4 N–H and O–H groups in total. The van der Waals surface area contributed by atoms with Crippen LogP contribution >= 0.6 is 0 Å². The van der Waals surface area contributed by atoms with Crippen molar-refractivity contribution in [2.75, 3.05) is 13.6 Å². The molecule has 1 heterocycles. The first-order valence-corrected chi connectivity index (χ1v) is 17.3. The first-order chi connectivity index (χ1) is 22.7. The van der Waals surface area contributed by atoms with Crippen molar-refractivity contribution in [1.82, 2.24) is 20.5 Å². The molecule has 1 aromatic heterocycles. The summed E-state index contributed by atoms with van der Waals surface area (Å²) in [5.41, 5.74) is 1.79. The smallest absolute Gasteiger partial charge is 0.242 e. The van der Waals surface area contributed by atoms with Crippen molar-refractivity contribution in [1.29, 1.82) is 0 Å². The average molecular weight is 645 g/mol. The normalized spacial score (nSPS) is 18.2. The maximum atomic E-state index is 13.9. The number of amides is 3. The highest BCUT2D eigenvalue weighted by Crippen LogP contribution is 2.36. The van der Waals surface area contributed by atoms with Gasteiger partial charge in [0.2, 0.25) is 17.7 Å². The van der Waals surface area contributed by atoms with E-state index >= 15 is 0 Å². The third-order valence-electron chi connectivity index (χ3n) is 9.69. The number of pyridine rings is 1. The number of carbonyl (C=O) groups is 3. The monoisotopic (exact) mass is 644 g/mol. The summed E-state index contributed by atoms with van der Waals surface area (Å²) in [5.74, 6) is 1.23. The Morgan fingerprint density at radius 3 is 2.36 bits per heavy atom. The number of hydrogen-bond donors (Lipinski definition) is 4. The van der Waals surface area contributed by atoms with Crippen molar-refractivity contribution < 1.29 is 24.6 Å². The summed E-state index contributed by atoms with van der Waals surface area (Å²) in [4.78, 5) is 47.0. The lowest BCUT2D eigenvalue weighted by atomic mass is 9.82.